The Labute approximate surface area is 142 Å². The van der Waals surface area contributed by atoms with Crippen molar-refractivity contribution in [3.05, 3.63) is 41.7 Å². The number of pyridine rings is 1. The van der Waals surface area contributed by atoms with Crippen molar-refractivity contribution < 1.29 is 4.74 Å². The van der Waals surface area contributed by atoms with Crippen molar-refractivity contribution in [1.82, 2.24) is 29.5 Å². The molecule has 0 unspecified atom stereocenters. The molecule has 24 heavy (non-hydrogen) atoms. The Hall–Kier alpha value is -1.83. The molecule has 0 aromatic carbocycles. The van der Waals surface area contributed by atoms with Gasteiger partial charge >= 0.3 is 0 Å². The monoisotopic (exact) mass is 328 g/mol. The second kappa shape index (κ2) is 7.38. The molecule has 7 nitrogen and oxygen atoms in total. The third-order valence-corrected chi connectivity index (χ3v) is 4.75. The summed E-state index contributed by atoms with van der Waals surface area (Å²) in [6.45, 7) is 8.37. The standard InChI is InChI=1S/C17H24N6O/c1-6-22(12-15-2-4-18-5-3-15)14-17-20-19-16(23(17)7-1)13-21-8-10-24-11-9-21/h2-5H,1,6-14H2. The Balaban J connectivity index is 1.44. The summed E-state index contributed by atoms with van der Waals surface area (Å²) in [6.07, 6.45) is 4.85. The van der Waals surface area contributed by atoms with Crippen LogP contribution in [0.2, 0.25) is 0 Å². The first-order valence-electron chi connectivity index (χ1n) is 8.71. The van der Waals surface area contributed by atoms with E-state index in [9.17, 15) is 0 Å². The van der Waals surface area contributed by atoms with Crippen LogP contribution in [0.1, 0.15) is 23.6 Å². The molecule has 4 rings (SSSR count). The van der Waals surface area contributed by atoms with Crippen LogP contribution in [0.15, 0.2) is 24.5 Å². The van der Waals surface area contributed by atoms with Crippen LogP contribution in [0.4, 0.5) is 0 Å². The highest BCUT2D eigenvalue weighted by Crippen LogP contribution is 2.16. The molecule has 0 radical (unpaired) electrons. The molecule has 0 saturated carbocycles. The Morgan fingerprint density at radius 2 is 1.75 bits per heavy atom. The van der Waals surface area contributed by atoms with Crippen LogP contribution < -0.4 is 0 Å². The van der Waals surface area contributed by atoms with Crippen LogP contribution in [-0.4, -0.2) is 62.4 Å². The average molecular weight is 328 g/mol. The molecule has 2 aromatic heterocycles. The zero-order valence-corrected chi connectivity index (χ0v) is 14.0. The molecule has 2 aromatic rings. The number of hydrogen-bond acceptors (Lipinski definition) is 6. The SMILES string of the molecule is c1cc(CN2CCCn3c(CN4CCOCC4)nnc3C2)ccn1. The van der Waals surface area contributed by atoms with Gasteiger partial charge in [-0.1, -0.05) is 0 Å². The van der Waals surface area contributed by atoms with Crippen LogP contribution in [0.3, 0.4) is 0 Å². The van der Waals surface area contributed by atoms with Crippen molar-refractivity contribution in [3.63, 3.8) is 0 Å². The van der Waals surface area contributed by atoms with Gasteiger partial charge in [-0.3, -0.25) is 14.8 Å². The predicted octanol–water partition coefficient (Wildman–Crippen LogP) is 0.911. The summed E-state index contributed by atoms with van der Waals surface area (Å²) in [5.74, 6) is 2.18. The molecule has 1 fully saturated rings. The minimum absolute atomic E-state index is 0.820. The lowest BCUT2D eigenvalue weighted by Crippen LogP contribution is -2.36. The van der Waals surface area contributed by atoms with Crippen molar-refractivity contribution in [2.75, 3.05) is 32.8 Å². The van der Waals surface area contributed by atoms with E-state index in [1.54, 1.807) is 0 Å². The van der Waals surface area contributed by atoms with Gasteiger partial charge in [-0.25, -0.2) is 0 Å². The molecule has 0 bridgehead atoms. The van der Waals surface area contributed by atoms with E-state index in [1.807, 2.05) is 12.4 Å². The molecular formula is C17H24N6O. The number of nitrogens with zero attached hydrogens (tertiary/aromatic N) is 6. The van der Waals surface area contributed by atoms with Crippen LogP contribution in [0.25, 0.3) is 0 Å². The first-order chi connectivity index (χ1) is 11.9. The van der Waals surface area contributed by atoms with Gasteiger partial charge in [0.05, 0.1) is 26.3 Å². The van der Waals surface area contributed by atoms with Gasteiger partial charge in [-0.15, -0.1) is 10.2 Å². The molecule has 0 aliphatic carbocycles. The van der Waals surface area contributed by atoms with Crippen LogP contribution in [0.5, 0.6) is 0 Å². The van der Waals surface area contributed by atoms with Gasteiger partial charge in [-0.05, 0) is 24.1 Å². The zero-order valence-electron chi connectivity index (χ0n) is 14.0. The lowest BCUT2D eigenvalue weighted by atomic mass is 10.2. The molecule has 128 valence electrons. The maximum Gasteiger partial charge on any atom is 0.147 e. The molecule has 0 N–H and O–H groups in total. The minimum atomic E-state index is 0.820. The Kier molecular flexibility index (Phi) is 4.82. The fraction of sp³-hybridized carbons (Fsp3) is 0.588. The summed E-state index contributed by atoms with van der Waals surface area (Å²) in [5.41, 5.74) is 1.30. The van der Waals surface area contributed by atoms with Gasteiger partial charge in [0, 0.05) is 45.1 Å². The number of ether oxygens (including phenoxy) is 1. The first-order valence-corrected chi connectivity index (χ1v) is 8.71. The smallest absolute Gasteiger partial charge is 0.147 e. The van der Waals surface area contributed by atoms with Gasteiger partial charge in [-0.2, -0.15) is 0 Å². The van der Waals surface area contributed by atoms with Crippen molar-refractivity contribution in [2.24, 2.45) is 0 Å². The van der Waals surface area contributed by atoms with Gasteiger partial charge < -0.3 is 9.30 Å². The van der Waals surface area contributed by atoms with Gasteiger partial charge in [0.1, 0.15) is 11.6 Å². The number of rotatable bonds is 4. The highest BCUT2D eigenvalue weighted by molar-refractivity contribution is 5.10. The topological polar surface area (TPSA) is 59.3 Å². The Bertz CT molecular complexity index is 652. The van der Waals surface area contributed by atoms with Crippen LogP contribution in [0, 0.1) is 0 Å². The fourth-order valence-electron chi connectivity index (χ4n) is 3.44. The van der Waals surface area contributed by atoms with E-state index < -0.39 is 0 Å². The van der Waals surface area contributed by atoms with E-state index in [1.165, 1.54) is 5.56 Å². The van der Waals surface area contributed by atoms with Gasteiger partial charge in [0.25, 0.3) is 0 Å². The summed E-state index contributed by atoms with van der Waals surface area (Å²) >= 11 is 0. The lowest BCUT2D eigenvalue weighted by molar-refractivity contribution is 0.0325. The highest BCUT2D eigenvalue weighted by atomic mass is 16.5. The summed E-state index contributed by atoms with van der Waals surface area (Å²) in [7, 11) is 0. The molecule has 0 amide bonds. The van der Waals surface area contributed by atoms with E-state index in [2.05, 4.69) is 41.7 Å². The van der Waals surface area contributed by atoms with Crippen molar-refractivity contribution >= 4 is 0 Å². The van der Waals surface area contributed by atoms with E-state index >= 15 is 0 Å². The summed E-state index contributed by atoms with van der Waals surface area (Å²) < 4.78 is 7.75. The predicted molar refractivity (Wildman–Crippen MR) is 89.1 cm³/mol. The Morgan fingerprint density at radius 1 is 0.917 bits per heavy atom. The van der Waals surface area contributed by atoms with E-state index in [4.69, 9.17) is 4.74 Å². The van der Waals surface area contributed by atoms with E-state index in [-0.39, 0.29) is 0 Å². The molecule has 0 spiro atoms. The first kappa shape index (κ1) is 15.7. The third-order valence-electron chi connectivity index (χ3n) is 4.75. The van der Waals surface area contributed by atoms with Crippen LogP contribution >= 0.6 is 0 Å². The van der Waals surface area contributed by atoms with E-state index in [0.717, 1.165) is 77.1 Å². The average Bonchev–Trinajstić information content (AvgIpc) is 2.87. The summed E-state index contributed by atoms with van der Waals surface area (Å²) in [4.78, 5) is 8.94. The lowest BCUT2D eigenvalue weighted by Gasteiger charge is -2.26. The minimum Gasteiger partial charge on any atom is -0.379 e. The molecule has 4 heterocycles. The highest BCUT2D eigenvalue weighted by Gasteiger charge is 2.21. The summed E-state index contributed by atoms with van der Waals surface area (Å²) in [5, 5.41) is 8.94. The second-order valence-corrected chi connectivity index (χ2v) is 6.49. The van der Waals surface area contributed by atoms with E-state index in [0.29, 0.717) is 0 Å². The molecule has 0 atom stereocenters. The van der Waals surface area contributed by atoms with Gasteiger partial charge in [0.2, 0.25) is 0 Å². The number of fused-ring (bicyclic) bond motifs is 1. The Morgan fingerprint density at radius 3 is 2.58 bits per heavy atom. The fourth-order valence-corrected chi connectivity index (χ4v) is 3.44. The maximum atomic E-state index is 5.43. The molecule has 1 saturated heterocycles. The zero-order chi connectivity index (χ0) is 16.2. The molecular weight excluding hydrogens is 304 g/mol. The molecule has 2 aliphatic heterocycles. The van der Waals surface area contributed by atoms with Crippen molar-refractivity contribution in [2.45, 2.75) is 32.6 Å². The summed E-state index contributed by atoms with van der Waals surface area (Å²) in [6, 6.07) is 4.17. The molecule has 2 aliphatic rings. The third kappa shape index (κ3) is 3.63. The van der Waals surface area contributed by atoms with Crippen molar-refractivity contribution in [3.8, 4) is 0 Å². The van der Waals surface area contributed by atoms with Gasteiger partial charge in [0.15, 0.2) is 0 Å². The molecule has 7 heteroatoms. The maximum absolute atomic E-state index is 5.43. The number of aromatic nitrogens is 4. The van der Waals surface area contributed by atoms with Crippen molar-refractivity contribution in [1.29, 1.82) is 0 Å². The number of morpholine rings is 1. The van der Waals surface area contributed by atoms with Crippen LogP contribution in [-0.2, 0) is 30.9 Å². The second-order valence-electron chi connectivity index (χ2n) is 6.49. The number of hydrogen-bond donors (Lipinski definition) is 0. The largest absolute Gasteiger partial charge is 0.379 e. The normalized spacial score (nSPS) is 19.8. The quantitative estimate of drug-likeness (QED) is 0.831.